The number of benzene rings is 1. The molecular weight excluding hydrogens is 318 g/mol. The number of rotatable bonds is 6. The summed E-state index contributed by atoms with van der Waals surface area (Å²) < 4.78 is 11.0. The van der Waals surface area contributed by atoms with Gasteiger partial charge < -0.3 is 19.2 Å². The maximum atomic E-state index is 11.5. The highest BCUT2D eigenvalue weighted by atomic mass is 16.5. The van der Waals surface area contributed by atoms with Gasteiger partial charge in [-0.05, 0) is 50.3 Å². The number of ether oxygens (including phenoxy) is 1. The van der Waals surface area contributed by atoms with Crippen molar-refractivity contribution in [2.75, 3.05) is 20.2 Å². The van der Waals surface area contributed by atoms with Crippen molar-refractivity contribution >= 4 is 11.0 Å². The molecule has 2 atom stereocenters. The highest BCUT2D eigenvalue weighted by molar-refractivity contribution is 5.81. The van der Waals surface area contributed by atoms with Crippen LogP contribution in [-0.4, -0.2) is 37.5 Å². The number of nitrogens with one attached hydrogen (secondary N) is 1. The average molecular weight is 346 g/mol. The van der Waals surface area contributed by atoms with Gasteiger partial charge in [-0.1, -0.05) is 6.42 Å². The second-order valence-corrected chi connectivity index (χ2v) is 7.26. The highest BCUT2D eigenvalue weighted by Gasteiger charge is 2.23. The smallest absolute Gasteiger partial charge is 0.336 e. The van der Waals surface area contributed by atoms with E-state index in [1.165, 1.54) is 43.1 Å². The number of aliphatic hydroxyl groups is 1. The van der Waals surface area contributed by atoms with Crippen LogP contribution in [-0.2, 0) is 0 Å². The zero-order valence-electron chi connectivity index (χ0n) is 15.1. The minimum atomic E-state index is -0.512. The monoisotopic (exact) mass is 346 g/mol. The lowest BCUT2D eigenvalue weighted by atomic mass is 9.94. The van der Waals surface area contributed by atoms with E-state index in [-0.39, 0.29) is 12.2 Å². The molecule has 1 aromatic heterocycles. The summed E-state index contributed by atoms with van der Waals surface area (Å²) in [4.78, 5) is 12.9. The van der Waals surface area contributed by atoms with Crippen molar-refractivity contribution in [2.24, 2.45) is 0 Å². The van der Waals surface area contributed by atoms with Crippen molar-refractivity contribution in [3.63, 3.8) is 0 Å². The van der Waals surface area contributed by atoms with Crippen LogP contribution < -0.4 is 15.3 Å². The molecule has 3 rings (SSSR count). The Balaban J connectivity index is 1.57. The molecule has 1 heterocycles. The molecular formula is C20H28NO4+. The summed E-state index contributed by atoms with van der Waals surface area (Å²) in [5.41, 5.74) is 1.04. The molecule has 1 aliphatic rings. The maximum Gasteiger partial charge on any atom is 0.336 e. The van der Waals surface area contributed by atoms with Crippen LogP contribution in [0.3, 0.4) is 0 Å². The minimum Gasteiger partial charge on any atom is -0.491 e. The third kappa shape index (κ3) is 4.61. The Labute approximate surface area is 148 Å². The molecule has 136 valence electrons. The zero-order chi connectivity index (χ0) is 17.8. The van der Waals surface area contributed by atoms with E-state index < -0.39 is 6.10 Å². The molecule has 5 heteroatoms. The van der Waals surface area contributed by atoms with Gasteiger partial charge >= 0.3 is 5.63 Å². The number of fused-ring (bicyclic) bond motifs is 1. The molecule has 2 N–H and O–H groups in total. The van der Waals surface area contributed by atoms with Gasteiger partial charge in [-0.3, -0.25) is 0 Å². The van der Waals surface area contributed by atoms with Crippen molar-refractivity contribution in [3.05, 3.63) is 40.2 Å². The van der Waals surface area contributed by atoms with Crippen LogP contribution >= 0.6 is 0 Å². The van der Waals surface area contributed by atoms with Gasteiger partial charge in [0.15, 0.2) is 0 Å². The van der Waals surface area contributed by atoms with Gasteiger partial charge in [0.05, 0.1) is 13.1 Å². The van der Waals surface area contributed by atoms with Gasteiger partial charge in [0, 0.05) is 17.5 Å². The number of quaternary nitrogens is 1. The van der Waals surface area contributed by atoms with E-state index >= 15 is 0 Å². The van der Waals surface area contributed by atoms with Gasteiger partial charge in [0.1, 0.15) is 30.6 Å². The van der Waals surface area contributed by atoms with Crippen LogP contribution in [0.4, 0.5) is 0 Å². The predicted octanol–water partition coefficient (Wildman–Crippen LogP) is 1.69. The van der Waals surface area contributed by atoms with Crippen LogP contribution in [0.2, 0.25) is 0 Å². The fourth-order valence-corrected chi connectivity index (χ4v) is 3.78. The largest absolute Gasteiger partial charge is 0.491 e. The molecule has 2 aromatic rings. The first-order valence-electron chi connectivity index (χ1n) is 9.20. The standard InChI is InChI=1S/C20H27NO4/c1-14-10-20(23)25-19-11-17(8-9-18(14)19)24-13-16(22)12-21(2)15-6-4-3-5-7-15/h8-11,15-16,22H,3-7,12-13H2,1-2H3/p+1/t16-/m0/s1. The van der Waals surface area contributed by atoms with E-state index in [1.54, 1.807) is 6.07 Å². The third-order valence-corrected chi connectivity index (χ3v) is 5.22. The number of hydrogen-bond donors (Lipinski definition) is 2. The fraction of sp³-hybridized carbons (Fsp3) is 0.550. The second-order valence-electron chi connectivity index (χ2n) is 7.26. The van der Waals surface area contributed by atoms with E-state index in [9.17, 15) is 9.90 Å². The molecule has 1 aliphatic carbocycles. The van der Waals surface area contributed by atoms with Crippen LogP contribution in [0.5, 0.6) is 5.75 Å². The first-order valence-corrected chi connectivity index (χ1v) is 9.20. The Hall–Kier alpha value is -1.85. The first kappa shape index (κ1) is 18.0. The molecule has 0 saturated heterocycles. The molecule has 5 nitrogen and oxygen atoms in total. The van der Waals surface area contributed by atoms with Crippen LogP contribution in [0, 0.1) is 6.92 Å². The van der Waals surface area contributed by atoms with Crippen molar-refractivity contribution in [2.45, 2.75) is 51.2 Å². The molecule has 0 amide bonds. The zero-order valence-corrected chi connectivity index (χ0v) is 15.1. The first-order chi connectivity index (χ1) is 12.0. The molecule has 1 saturated carbocycles. The van der Waals surface area contributed by atoms with Crippen molar-refractivity contribution in [3.8, 4) is 5.75 Å². The summed E-state index contributed by atoms with van der Waals surface area (Å²) in [6.07, 6.45) is 5.94. The van der Waals surface area contributed by atoms with Crippen LogP contribution in [0.15, 0.2) is 33.5 Å². The molecule has 0 spiro atoms. The van der Waals surface area contributed by atoms with Crippen LogP contribution in [0.1, 0.15) is 37.7 Å². The number of hydrogen-bond acceptors (Lipinski definition) is 4. The maximum absolute atomic E-state index is 11.5. The SMILES string of the molecule is Cc1cc(=O)oc2cc(OC[C@@H](O)C[NH+](C)C3CCCCC3)ccc12. The molecule has 1 unspecified atom stereocenters. The van der Waals surface area contributed by atoms with Gasteiger partial charge in [0.25, 0.3) is 0 Å². The highest BCUT2D eigenvalue weighted by Crippen LogP contribution is 2.22. The minimum absolute atomic E-state index is 0.242. The predicted molar refractivity (Wildman–Crippen MR) is 97.3 cm³/mol. The van der Waals surface area contributed by atoms with Crippen molar-refractivity contribution in [1.82, 2.24) is 0 Å². The van der Waals surface area contributed by atoms with E-state index in [0.29, 0.717) is 23.9 Å². The summed E-state index contributed by atoms with van der Waals surface area (Å²) in [7, 11) is 2.16. The number of likely N-dealkylation sites (N-methyl/N-ethyl adjacent to an activating group) is 1. The Morgan fingerprint density at radius 1 is 1.28 bits per heavy atom. The molecule has 1 fully saturated rings. The van der Waals surface area contributed by atoms with E-state index in [0.717, 1.165) is 10.9 Å². The summed E-state index contributed by atoms with van der Waals surface area (Å²) >= 11 is 0. The normalized spacial score (nSPS) is 18.2. The molecule has 25 heavy (non-hydrogen) atoms. The lowest BCUT2D eigenvalue weighted by Gasteiger charge is -2.29. The molecule has 1 aromatic carbocycles. The quantitative estimate of drug-likeness (QED) is 0.782. The molecule has 0 radical (unpaired) electrons. The summed E-state index contributed by atoms with van der Waals surface area (Å²) in [5, 5.41) is 11.2. The summed E-state index contributed by atoms with van der Waals surface area (Å²) in [6, 6.07) is 7.58. The molecule has 0 aliphatic heterocycles. The fourth-order valence-electron chi connectivity index (χ4n) is 3.78. The van der Waals surface area contributed by atoms with Gasteiger partial charge in [-0.2, -0.15) is 0 Å². The topological polar surface area (TPSA) is 64.1 Å². The van der Waals surface area contributed by atoms with E-state index in [1.807, 2.05) is 19.1 Å². The van der Waals surface area contributed by atoms with Crippen molar-refractivity contribution in [1.29, 1.82) is 0 Å². The van der Waals surface area contributed by atoms with Gasteiger partial charge in [-0.25, -0.2) is 4.79 Å². The molecule has 0 bridgehead atoms. The Kier molecular flexibility index (Phi) is 5.76. The third-order valence-electron chi connectivity index (χ3n) is 5.22. The second kappa shape index (κ2) is 8.02. The lowest BCUT2D eigenvalue weighted by molar-refractivity contribution is -0.910. The van der Waals surface area contributed by atoms with Gasteiger partial charge in [0.2, 0.25) is 0 Å². The van der Waals surface area contributed by atoms with E-state index in [4.69, 9.17) is 9.15 Å². The number of aryl methyl sites for hydroxylation is 1. The summed E-state index contributed by atoms with van der Waals surface area (Å²) in [5.74, 6) is 0.607. The Bertz CT molecular complexity index is 764. The number of aliphatic hydroxyl groups excluding tert-OH is 1. The Morgan fingerprint density at radius 3 is 2.80 bits per heavy atom. The average Bonchev–Trinajstić information content (AvgIpc) is 2.60. The summed E-state index contributed by atoms with van der Waals surface area (Å²) in [6.45, 7) is 2.81. The van der Waals surface area contributed by atoms with E-state index in [2.05, 4.69) is 7.05 Å². The van der Waals surface area contributed by atoms with Gasteiger partial charge in [-0.15, -0.1) is 0 Å². The van der Waals surface area contributed by atoms with Crippen molar-refractivity contribution < 1.29 is 19.2 Å². The lowest BCUT2D eigenvalue weighted by Crippen LogP contribution is -3.14. The van der Waals surface area contributed by atoms with Crippen LogP contribution in [0.25, 0.3) is 11.0 Å². The Morgan fingerprint density at radius 2 is 2.04 bits per heavy atom.